The molecule has 5 heteroatoms. The van der Waals surface area contributed by atoms with Crippen LogP contribution in [-0.2, 0) is 4.74 Å². The minimum absolute atomic E-state index is 0.306. The van der Waals surface area contributed by atoms with Gasteiger partial charge in [-0.05, 0) is 6.42 Å². The van der Waals surface area contributed by atoms with Gasteiger partial charge in [0.2, 0.25) is 0 Å². The third-order valence-electron chi connectivity index (χ3n) is 3.61. The van der Waals surface area contributed by atoms with Crippen molar-refractivity contribution in [2.45, 2.75) is 64.6 Å². The van der Waals surface area contributed by atoms with Crippen molar-refractivity contribution in [2.75, 3.05) is 6.61 Å². The molecule has 0 bridgehead atoms. The van der Waals surface area contributed by atoms with Crippen LogP contribution in [0.5, 0.6) is 0 Å². The molecule has 1 fully saturated rings. The van der Waals surface area contributed by atoms with Gasteiger partial charge in [0.1, 0.15) is 6.61 Å². The maximum atomic E-state index is 11.3. The molecule has 0 aliphatic carbocycles. The lowest BCUT2D eigenvalue weighted by Gasteiger charge is -2.42. The van der Waals surface area contributed by atoms with E-state index in [0.29, 0.717) is 6.61 Å². The zero-order valence-corrected chi connectivity index (χ0v) is 11.6. The number of carbonyl (C=O) groups is 1. The number of alkyl carbamates (subject to hydrolysis) is 1. The van der Waals surface area contributed by atoms with E-state index < -0.39 is 12.2 Å². The number of cyclic esters (lactones) is 1. The number of hydrogen-bond donors (Lipinski definition) is 3. The normalized spacial score (nSPS) is 26.1. The Morgan fingerprint density at radius 1 is 1.56 bits per heavy atom. The van der Waals surface area contributed by atoms with E-state index in [4.69, 9.17) is 10.5 Å². The number of aliphatic hydroxyl groups excluding tert-OH is 1. The second-order valence-corrected chi connectivity index (χ2v) is 5.84. The van der Waals surface area contributed by atoms with Crippen molar-refractivity contribution < 1.29 is 14.6 Å². The fourth-order valence-corrected chi connectivity index (χ4v) is 2.30. The highest BCUT2D eigenvalue weighted by atomic mass is 16.6. The molecule has 0 spiro atoms. The average Bonchev–Trinajstić information content (AvgIpc) is 2.31. The van der Waals surface area contributed by atoms with Gasteiger partial charge in [-0.25, -0.2) is 4.79 Å². The van der Waals surface area contributed by atoms with Gasteiger partial charge >= 0.3 is 6.09 Å². The van der Waals surface area contributed by atoms with E-state index in [9.17, 15) is 9.90 Å². The van der Waals surface area contributed by atoms with E-state index in [2.05, 4.69) is 12.2 Å². The number of amides is 1. The van der Waals surface area contributed by atoms with Crippen molar-refractivity contribution in [1.29, 1.82) is 0 Å². The fourth-order valence-electron chi connectivity index (χ4n) is 2.30. The highest BCUT2D eigenvalue weighted by Gasteiger charge is 2.42. The monoisotopic (exact) mass is 258 g/mol. The van der Waals surface area contributed by atoms with Crippen LogP contribution in [0.2, 0.25) is 0 Å². The van der Waals surface area contributed by atoms with Gasteiger partial charge in [0.05, 0.1) is 12.1 Å². The molecule has 0 aromatic carbocycles. The van der Waals surface area contributed by atoms with Crippen LogP contribution in [0.25, 0.3) is 0 Å². The Kier molecular flexibility index (Phi) is 5.41. The SMILES string of the molecule is CCCCC[C@@H](N)[C@@H](O)[C@H]1NC(=O)OCC1(C)C. The van der Waals surface area contributed by atoms with Crippen LogP contribution in [0.1, 0.15) is 46.5 Å². The van der Waals surface area contributed by atoms with E-state index in [1.54, 1.807) is 0 Å². The van der Waals surface area contributed by atoms with Gasteiger partial charge in [-0.15, -0.1) is 0 Å². The lowest BCUT2D eigenvalue weighted by molar-refractivity contribution is -0.0207. The minimum Gasteiger partial charge on any atom is -0.449 e. The Hall–Kier alpha value is -0.810. The van der Waals surface area contributed by atoms with Gasteiger partial charge in [-0.1, -0.05) is 40.0 Å². The molecule has 1 aliphatic rings. The summed E-state index contributed by atoms with van der Waals surface area (Å²) in [6.45, 7) is 6.35. The molecule has 106 valence electrons. The Morgan fingerprint density at radius 3 is 2.83 bits per heavy atom. The molecule has 18 heavy (non-hydrogen) atoms. The molecule has 0 unspecified atom stereocenters. The predicted molar refractivity (Wildman–Crippen MR) is 70.2 cm³/mol. The van der Waals surface area contributed by atoms with E-state index in [1.807, 2.05) is 13.8 Å². The molecule has 0 saturated carbocycles. The highest BCUT2D eigenvalue weighted by molar-refractivity contribution is 5.68. The fraction of sp³-hybridized carbons (Fsp3) is 0.923. The van der Waals surface area contributed by atoms with Gasteiger partial charge in [0.15, 0.2) is 0 Å². The van der Waals surface area contributed by atoms with Crippen molar-refractivity contribution >= 4 is 6.09 Å². The first-order valence-corrected chi connectivity index (χ1v) is 6.75. The number of hydrogen-bond acceptors (Lipinski definition) is 4. The van der Waals surface area contributed by atoms with Gasteiger partial charge in [0.25, 0.3) is 0 Å². The van der Waals surface area contributed by atoms with Gasteiger partial charge in [0, 0.05) is 11.5 Å². The molecule has 1 saturated heterocycles. The molecule has 1 heterocycles. The lowest BCUT2D eigenvalue weighted by atomic mass is 9.78. The van der Waals surface area contributed by atoms with Crippen molar-refractivity contribution in [3.8, 4) is 0 Å². The first-order valence-electron chi connectivity index (χ1n) is 6.75. The molecule has 1 rings (SSSR count). The average molecular weight is 258 g/mol. The number of aliphatic hydroxyl groups is 1. The number of carbonyl (C=O) groups excluding carboxylic acids is 1. The Bertz CT molecular complexity index is 281. The summed E-state index contributed by atoms with van der Waals surface area (Å²) in [5, 5.41) is 13.0. The highest BCUT2D eigenvalue weighted by Crippen LogP contribution is 2.28. The summed E-state index contributed by atoms with van der Waals surface area (Å²) >= 11 is 0. The van der Waals surface area contributed by atoms with Gasteiger partial charge < -0.3 is 20.9 Å². The summed E-state index contributed by atoms with van der Waals surface area (Å²) < 4.78 is 4.95. The van der Waals surface area contributed by atoms with Crippen molar-refractivity contribution in [1.82, 2.24) is 5.32 Å². The van der Waals surface area contributed by atoms with Gasteiger partial charge in [-0.2, -0.15) is 0 Å². The second-order valence-electron chi connectivity index (χ2n) is 5.84. The quantitative estimate of drug-likeness (QED) is 0.629. The van der Waals surface area contributed by atoms with Crippen LogP contribution in [0.4, 0.5) is 4.79 Å². The summed E-state index contributed by atoms with van der Waals surface area (Å²) in [6.07, 6.45) is 2.82. The van der Waals surface area contributed by atoms with Crippen molar-refractivity contribution in [3.05, 3.63) is 0 Å². The Labute approximate surface area is 109 Å². The van der Waals surface area contributed by atoms with Crippen LogP contribution in [0, 0.1) is 5.41 Å². The molecular formula is C13H26N2O3. The topological polar surface area (TPSA) is 84.6 Å². The zero-order valence-electron chi connectivity index (χ0n) is 11.6. The van der Waals surface area contributed by atoms with Crippen molar-refractivity contribution in [2.24, 2.45) is 11.1 Å². The van der Waals surface area contributed by atoms with Crippen LogP contribution in [0.15, 0.2) is 0 Å². The van der Waals surface area contributed by atoms with Gasteiger partial charge in [-0.3, -0.25) is 0 Å². The van der Waals surface area contributed by atoms with Crippen LogP contribution in [-0.4, -0.2) is 36.0 Å². The summed E-state index contributed by atoms with van der Waals surface area (Å²) in [6, 6.07) is -0.658. The van der Waals surface area contributed by atoms with E-state index in [-0.39, 0.29) is 17.5 Å². The first kappa shape index (κ1) is 15.2. The largest absolute Gasteiger partial charge is 0.449 e. The molecule has 3 atom stereocenters. The number of nitrogens with two attached hydrogens (primary N) is 1. The predicted octanol–water partition coefficient (Wildman–Crippen LogP) is 1.39. The zero-order chi connectivity index (χ0) is 13.8. The van der Waals surface area contributed by atoms with Crippen molar-refractivity contribution in [3.63, 3.8) is 0 Å². The summed E-state index contributed by atoms with van der Waals surface area (Å²) in [4.78, 5) is 11.3. The summed E-state index contributed by atoms with van der Waals surface area (Å²) in [5.41, 5.74) is 5.70. The van der Waals surface area contributed by atoms with Crippen LogP contribution >= 0.6 is 0 Å². The lowest BCUT2D eigenvalue weighted by Crippen LogP contribution is -2.62. The molecule has 0 aromatic heterocycles. The summed E-state index contributed by atoms with van der Waals surface area (Å²) in [5.74, 6) is 0. The van der Waals surface area contributed by atoms with E-state index in [0.717, 1.165) is 25.7 Å². The second kappa shape index (κ2) is 6.38. The van der Waals surface area contributed by atoms with Crippen LogP contribution < -0.4 is 11.1 Å². The maximum Gasteiger partial charge on any atom is 0.407 e. The first-order chi connectivity index (χ1) is 8.38. The maximum absolute atomic E-state index is 11.3. The molecular weight excluding hydrogens is 232 g/mol. The molecule has 0 radical (unpaired) electrons. The third-order valence-corrected chi connectivity index (χ3v) is 3.61. The Balaban J connectivity index is 2.56. The molecule has 0 aromatic rings. The standard InChI is InChI=1S/C13H26N2O3/c1-4-5-6-7-9(14)10(16)11-13(2,3)8-18-12(17)15-11/h9-11,16H,4-8,14H2,1-3H3,(H,15,17)/t9-,10-,11-/m1/s1. The Morgan fingerprint density at radius 2 is 2.22 bits per heavy atom. The third kappa shape index (κ3) is 3.85. The number of ether oxygens (including phenoxy) is 1. The summed E-state index contributed by atoms with van der Waals surface area (Å²) in [7, 11) is 0. The number of unbranched alkanes of at least 4 members (excludes halogenated alkanes) is 2. The van der Waals surface area contributed by atoms with E-state index >= 15 is 0 Å². The number of nitrogens with one attached hydrogen (secondary N) is 1. The number of rotatable bonds is 6. The van der Waals surface area contributed by atoms with Crippen LogP contribution in [0.3, 0.4) is 0 Å². The molecule has 4 N–H and O–H groups in total. The minimum atomic E-state index is -0.732. The molecule has 1 aliphatic heterocycles. The van der Waals surface area contributed by atoms with E-state index in [1.165, 1.54) is 0 Å². The smallest absolute Gasteiger partial charge is 0.407 e. The molecule has 1 amide bonds. The molecule has 5 nitrogen and oxygen atoms in total.